The van der Waals surface area contributed by atoms with E-state index in [0.29, 0.717) is 0 Å². The van der Waals surface area contributed by atoms with Gasteiger partial charge in [0.1, 0.15) is 0 Å². The highest BCUT2D eigenvalue weighted by Crippen LogP contribution is 2.24. The van der Waals surface area contributed by atoms with Gasteiger partial charge in [-0.15, -0.1) is 0 Å². The molecule has 0 aromatic rings. The van der Waals surface area contributed by atoms with Crippen molar-refractivity contribution in [2.45, 2.75) is 65.7 Å². The van der Waals surface area contributed by atoms with E-state index in [1.807, 2.05) is 13.8 Å². The number of hydrogen-bond acceptors (Lipinski definition) is 2. The summed E-state index contributed by atoms with van der Waals surface area (Å²) < 4.78 is 0. The maximum absolute atomic E-state index is 3.46. The zero-order valence-electron chi connectivity index (χ0n) is 13.6. The second-order valence-electron chi connectivity index (χ2n) is 6.08. The molecule has 2 heterocycles. The zero-order valence-corrected chi connectivity index (χ0v) is 13.6. The van der Waals surface area contributed by atoms with Crippen molar-refractivity contribution >= 4 is 0 Å². The van der Waals surface area contributed by atoms with Gasteiger partial charge in [0.15, 0.2) is 0 Å². The van der Waals surface area contributed by atoms with E-state index in [2.05, 4.69) is 17.1 Å². The summed E-state index contributed by atoms with van der Waals surface area (Å²) in [7, 11) is 0. The molecule has 0 spiro atoms. The fraction of sp³-hybridized carbons (Fsp3) is 1.00. The maximum Gasteiger partial charge on any atom is 0.00106 e. The van der Waals surface area contributed by atoms with Crippen molar-refractivity contribution in [2.75, 3.05) is 32.7 Å². The first kappa shape index (κ1) is 17.0. The number of likely N-dealkylation sites (tertiary alicyclic amines) is 1. The van der Waals surface area contributed by atoms with E-state index in [4.69, 9.17) is 0 Å². The molecule has 2 saturated heterocycles. The molecule has 2 heteroatoms. The smallest absolute Gasteiger partial charge is 0.00106 e. The highest BCUT2D eigenvalue weighted by molar-refractivity contribution is 4.77. The van der Waals surface area contributed by atoms with E-state index < -0.39 is 0 Å². The van der Waals surface area contributed by atoms with Crippen LogP contribution in [0.15, 0.2) is 0 Å². The highest BCUT2D eigenvalue weighted by Gasteiger charge is 2.22. The van der Waals surface area contributed by atoms with E-state index in [-0.39, 0.29) is 0 Å². The zero-order chi connectivity index (χ0) is 13.9. The standard InChI is InChI=1S/C15H30N2.C2H6/c1-2-3-4-14-7-11-17(12-8-14)13-15-5-9-16-10-6-15;1-2/h14-16H,2-13H2,1H3;1-2H3. The van der Waals surface area contributed by atoms with Crippen molar-refractivity contribution in [1.29, 1.82) is 0 Å². The Morgan fingerprint density at radius 2 is 1.58 bits per heavy atom. The second-order valence-corrected chi connectivity index (χ2v) is 6.08. The van der Waals surface area contributed by atoms with Crippen LogP contribution in [0.4, 0.5) is 0 Å². The van der Waals surface area contributed by atoms with Gasteiger partial charge in [0.2, 0.25) is 0 Å². The Morgan fingerprint density at radius 1 is 0.947 bits per heavy atom. The lowest BCUT2D eigenvalue weighted by Gasteiger charge is -2.35. The SMILES string of the molecule is CC.CCCCC1CCN(CC2CCNCC2)CC1. The van der Waals surface area contributed by atoms with Crippen LogP contribution in [0.1, 0.15) is 65.7 Å². The van der Waals surface area contributed by atoms with Gasteiger partial charge in [-0.3, -0.25) is 0 Å². The molecule has 114 valence electrons. The molecule has 0 radical (unpaired) electrons. The minimum absolute atomic E-state index is 0.975. The van der Waals surface area contributed by atoms with Gasteiger partial charge in [0, 0.05) is 6.54 Å². The predicted molar refractivity (Wildman–Crippen MR) is 85.6 cm³/mol. The number of rotatable bonds is 5. The van der Waals surface area contributed by atoms with Crippen LogP contribution in [0.2, 0.25) is 0 Å². The largest absolute Gasteiger partial charge is 0.317 e. The van der Waals surface area contributed by atoms with Gasteiger partial charge in [-0.05, 0) is 63.7 Å². The van der Waals surface area contributed by atoms with E-state index in [1.165, 1.54) is 77.7 Å². The van der Waals surface area contributed by atoms with Gasteiger partial charge in [-0.1, -0.05) is 40.0 Å². The van der Waals surface area contributed by atoms with Crippen molar-refractivity contribution in [3.05, 3.63) is 0 Å². The van der Waals surface area contributed by atoms with Gasteiger partial charge in [-0.25, -0.2) is 0 Å². The average molecular weight is 268 g/mol. The Bertz CT molecular complexity index is 191. The molecule has 2 aliphatic rings. The molecule has 0 atom stereocenters. The number of unbranched alkanes of at least 4 members (excludes halogenated alkanes) is 1. The van der Waals surface area contributed by atoms with Crippen LogP contribution in [0.3, 0.4) is 0 Å². The molecule has 2 nitrogen and oxygen atoms in total. The predicted octanol–water partition coefficient (Wildman–Crippen LogP) is 3.91. The van der Waals surface area contributed by atoms with Crippen LogP contribution in [-0.4, -0.2) is 37.6 Å². The van der Waals surface area contributed by atoms with E-state index in [1.54, 1.807) is 0 Å². The summed E-state index contributed by atoms with van der Waals surface area (Å²) in [4.78, 5) is 2.73. The first-order valence-electron chi connectivity index (χ1n) is 8.81. The maximum atomic E-state index is 3.46. The van der Waals surface area contributed by atoms with Crippen molar-refractivity contribution in [3.63, 3.8) is 0 Å². The summed E-state index contributed by atoms with van der Waals surface area (Å²) in [5.74, 6) is 2.02. The molecule has 1 N–H and O–H groups in total. The van der Waals surface area contributed by atoms with Crippen molar-refractivity contribution in [3.8, 4) is 0 Å². The third-order valence-electron chi connectivity index (χ3n) is 4.65. The molecule has 0 saturated carbocycles. The minimum atomic E-state index is 0.975. The number of hydrogen-bond donors (Lipinski definition) is 1. The monoisotopic (exact) mass is 268 g/mol. The summed E-state index contributed by atoms with van der Waals surface area (Å²) in [6.45, 7) is 12.9. The number of nitrogens with zero attached hydrogens (tertiary/aromatic N) is 1. The van der Waals surface area contributed by atoms with Gasteiger partial charge >= 0.3 is 0 Å². The fourth-order valence-corrected chi connectivity index (χ4v) is 3.38. The Hall–Kier alpha value is -0.0800. The van der Waals surface area contributed by atoms with Crippen LogP contribution in [0.25, 0.3) is 0 Å². The molecule has 2 rings (SSSR count). The summed E-state index contributed by atoms with van der Waals surface area (Å²) >= 11 is 0. The van der Waals surface area contributed by atoms with E-state index >= 15 is 0 Å². The van der Waals surface area contributed by atoms with Crippen molar-refractivity contribution in [2.24, 2.45) is 11.8 Å². The van der Waals surface area contributed by atoms with Crippen molar-refractivity contribution < 1.29 is 0 Å². The first-order valence-corrected chi connectivity index (χ1v) is 8.81. The minimum Gasteiger partial charge on any atom is -0.317 e. The molecular weight excluding hydrogens is 232 g/mol. The topological polar surface area (TPSA) is 15.3 Å². The quantitative estimate of drug-likeness (QED) is 0.813. The summed E-state index contributed by atoms with van der Waals surface area (Å²) in [5.41, 5.74) is 0. The molecular formula is C17H36N2. The normalized spacial score (nSPS) is 22.9. The van der Waals surface area contributed by atoms with Gasteiger partial charge < -0.3 is 10.2 Å². The van der Waals surface area contributed by atoms with E-state index in [9.17, 15) is 0 Å². The molecule has 0 amide bonds. The molecule has 2 fully saturated rings. The van der Waals surface area contributed by atoms with Gasteiger partial charge in [0.25, 0.3) is 0 Å². The first-order chi connectivity index (χ1) is 9.38. The Morgan fingerprint density at radius 3 is 2.16 bits per heavy atom. The third kappa shape index (κ3) is 6.76. The van der Waals surface area contributed by atoms with Crippen molar-refractivity contribution in [1.82, 2.24) is 10.2 Å². The molecule has 0 aliphatic carbocycles. The molecule has 19 heavy (non-hydrogen) atoms. The lowest BCUT2D eigenvalue weighted by atomic mass is 9.90. The molecule has 0 aromatic carbocycles. The lowest BCUT2D eigenvalue weighted by molar-refractivity contribution is 0.144. The van der Waals surface area contributed by atoms with Crippen LogP contribution < -0.4 is 5.32 Å². The van der Waals surface area contributed by atoms with Gasteiger partial charge in [0.05, 0.1) is 0 Å². The lowest BCUT2D eigenvalue weighted by Crippen LogP contribution is -2.40. The Labute approximate surface area is 121 Å². The van der Waals surface area contributed by atoms with Crippen LogP contribution in [0, 0.1) is 11.8 Å². The number of nitrogens with one attached hydrogen (secondary N) is 1. The fourth-order valence-electron chi connectivity index (χ4n) is 3.38. The molecule has 0 unspecified atom stereocenters. The summed E-state index contributed by atoms with van der Waals surface area (Å²) in [6, 6.07) is 0. The van der Waals surface area contributed by atoms with Crippen LogP contribution >= 0.6 is 0 Å². The Balaban J connectivity index is 0.000000861. The number of piperidine rings is 2. The molecule has 0 aromatic heterocycles. The molecule has 0 bridgehead atoms. The second kappa shape index (κ2) is 10.7. The molecule has 2 aliphatic heterocycles. The summed E-state index contributed by atoms with van der Waals surface area (Å²) in [5, 5.41) is 3.46. The highest BCUT2D eigenvalue weighted by atomic mass is 15.1. The van der Waals surface area contributed by atoms with Crippen LogP contribution in [-0.2, 0) is 0 Å². The summed E-state index contributed by atoms with van der Waals surface area (Å²) in [6.07, 6.45) is 10.0. The Kier molecular flexibility index (Phi) is 9.54. The third-order valence-corrected chi connectivity index (χ3v) is 4.65. The van der Waals surface area contributed by atoms with Crippen LogP contribution in [0.5, 0.6) is 0 Å². The van der Waals surface area contributed by atoms with Gasteiger partial charge in [-0.2, -0.15) is 0 Å². The van der Waals surface area contributed by atoms with E-state index in [0.717, 1.165) is 11.8 Å². The average Bonchev–Trinajstić information content (AvgIpc) is 2.50.